The molecule has 0 atom stereocenters. The van der Waals surface area contributed by atoms with Gasteiger partial charge >= 0.3 is 6.09 Å². The highest BCUT2D eigenvalue weighted by atomic mass is 35.5. The fourth-order valence-corrected chi connectivity index (χ4v) is 2.31. The highest BCUT2D eigenvalue weighted by molar-refractivity contribution is 5.85. The van der Waals surface area contributed by atoms with Gasteiger partial charge in [0.25, 0.3) is 0 Å². The number of hydrogen-bond acceptors (Lipinski definition) is 3. The van der Waals surface area contributed by atoms with Gasteiger partial charge in [0.1, 0.15) is 5.60 Å². The summed E-state index contributed by atoms with van der Waals surface area (Å²) in [6, 6.07) is 0.277. The lowest BCUT2D eigenvalue weighted by molar-refractivity contribution is 0.0487. The van der Waals surface area contributed by atoms with E-state index in [0.717, 1.165) is 44.6 Å². The first-order valence-electron chi connectivity index (χ1n) is 6.60. The summed E-state index contributed by atoms with van der Waals surface area (Å²) >= 11 is 0. The van der Waals surface area contributed by atoms with Crippen LogP contribution in [-0.4, -0.2) is 24.3 Å². The van der Waals surface area contributed by atoms with Crippen molar-refractivity contribution in [3.63, 3.8) is 0 Å². The van der Waals surface area contributed by atoms with E-state index in [4.69, 9.17) is 10.5 Å². The summed E-state index contributed by atoms with van der Waals surface area (Å²) in [5, 5.41) is 2.95. The molecular weight excluding hydrogens is 252 g/mol. The summed E-state index contributed by atoms with van der Waals surface area (Å²) in [7, 11) is 0. The molecule has 0 aromatic heterocycles. The van der Waals surface area contributed by atoms with Crippen molar-refractivity contribution in [2.75, 3.05) is 6.54 Å². The Labute approximate surface area is 116 Å². The predicted octanol–water partition coefficient (Wildman–Crippen LogP) is 2.84. The number of halogens is 1. The van der Waals surface area contributed by atoms with Crippen LogP contribution in [0.4, 0.5) is 4.79 Å². The number of carbonyl (C=O) groups is 1. The molecule has 1 saturated carbocycles. The average molecular weight is 279 g/mol. The highest BCUT2D eigenvalue weighted by Gasteiger charge is 2.24. The van der Waals surface area contributed by atoms with Crippen LogP contribution >= 0.6 is 12.4 Å². The number of nitrogens with one attached hydrogen (secondary N) is 1. The zero-order chi connectivity index (χ0) is 12.9. The quantitative estimate of drug-likeness (QED) is 0.834. The maximum atomic E-state index is 11.6. The standard InChI is InChI=1S/C13H26N2O2.ClH/c1-13(2,3)17-12(16)15-11-6-4-10(5-7-11)8-9-14;/h10-11H,4-9,14H2,1-3H3,(H,15,16);1H. The Morgan fingerprint density at radius 2 is 1.83 bits per heavy atom. The molecule has 1 aliphatic rings. The van der Waals surface area contributed by atoms with Gasteiger partial charge in [-0.25, -0.2) is 4.79 Å². The van der Waals surface area contributed by atoms with Crippen LogP contribution in [0.3, 0.4) is 0 Å². The van der Waals surface area contributed by atoms with E-state index < -0.39 is 5.60 Å². The van der Waals surface area contributed by atoms with Gasteiger partial charge in [-0.05, 0) is 65.3 Å². The zero-order valence-electron chi connectivity index (χ0n) is 11.7. The van der Waals surface area contributed by atoms with Gasteiger partial charge in [-0.3, -0.25) is 0 Å². The average Bonchev–Trinajstić information content (AvgIpc) is 2.18. The van der Waals surface area contributed by atoms with Crippen LogP contribution in [0.1, 0.15) is 52.9 Å². The molecule has 0 heterocycles. The van der Waals surface area contributed by atoms with E-state index in [0.29, 0.717) is 0 Å². The maximum absolute atomic E-state index is 11.6. The van der Waals surface area contributed by atoms with E-state index in [-0.39, 0.29) is 24.5 Å². The molecule has 1 rings (SSSR count). The Bertz CT molecular complexity index is 246. The van der Waals surface area contributed by atoms with Gasteiger partial charge in [-0.15, -0.1) is 12.4 Å². The predicted molar refractivity (Wildman–Crippen MR) is 76.0 cm³/mol. The second kappa shape index (κ2) is 7.85. The van der Waals surface area contributed by atoms with Crippen molar-refractivity contribution in [1.82, 2.24) is 5.32 Å². The molecular formula is C13H27ClN2O2. The minimum absolute atomic E-state index is 0. The Hall–Kier alpha value is -0.480. The maximum Gasteiger partial charge on any atom is 0.407 e. The molecule has 108 valence electrons. The summed E-state index contributed by atoms with van der Waals surface area (Å²) in [5.74, 6) is 0.747. The van der Waals surface area contributed by atoms with E-state index in [9.17, 15) is 4.79 Å². The number of rotatable bonds is 3. The molecule has 1 fully saturated rings. The van der Waals surface area contributed by atoms with Crippen molar-refractivity contribution in [3.05, 3.63) is 0 Å². The minimum atomic E-state index is -0.416. The summed E-state index contributed by atoms with van der Waals surface area (Å²) in [4.78, 5) is 11.6. The third-order valence-corrected chi connectivity index (χ3v) is 3.14. The largest absolute Gasteiger partial charge is 0.444 e. The van der Waals surface area contributed by atoms with Crippen LogP contribution < -0.4 is 11.1 Å². The molecule has 3 N–H and O–H groups in total. The molecule has 0 spiro atoms. The van der Waals surface area contributed by atoms with Gasteiger partial charge < -0.3 is 15.8 Å². The Morgan fingerprint density at radius 1 is 1.28 bits per heavy atom. The molecule has 0 radical (unpaired) electrons. The van der Waals surface area contributed by atoms with Crippen molar-refractivity contribution in [1.29, 1.82) is 0 Å². The van der Waals surface area contributed by atoms with E-state index in [2.05, 4.69) is 5.32 Å². The second-order valence-corrected chi connectivity index (χ2v) is 5.94. The van der Waals surface area contributed by atoms with Gasteiger partial charge in [0, 0.05) is 6.04 Å². The Balaban J connectivity index is 0.00000289. The number of amides is 1. The van der Waals surface area contributed by atoms with E-state index in [1.165, 1.54) is 0 Å². The van der Waals surface area contributed by atoms with E-state index in [1.54, 1.807) is 0 Å². The second-order valence-electron chi connectivity index (χ2n) is 5.94. The number of alkyl carbamates (subject to hydrolysis) is 1. The van der Waals surface area contributed by atoms with Crippen LogP contribution in [-0.2, 0) is 4.74 Å². The fraction of sp³-hybridized carbons (Fsp3) is 0.923. The molecule has 0 aromatic carbocycles. The topological polar surface area (TPSA) is 64.3 Å². The fourth-order valence-electron chi connectivity index (χ4n) is 2.31. The van der Waals surface area contributed by atoms with Gasteiger partial charge in [-0.2, -0.15) is 0 Å². The molecule has 0 unspecified atom stereocenters. The first-order valence-corrected chi connectivity index (χ1v) is 6.60. The normalized spacial score (nSPS) is 24.0. The van der Waals surface area contributed by atoms with E-state index >= 15 is 0 Å². The lowest BCUT2D eigenvalue weighted by atomic mass is 9.84. The molecule has 18 heavy (non-hydrogen) atoms. The summed E-state index contributed by atoms with van der Waals surface area (Å²) in [6.07, 6.45) is 5.24. The van der Waals surface area contributed by atoms with Crippen molar-refractivity contribution in [2.45, 2.75) is 64.5 Å². The lowest BCUT2D eigenvalue weighted by Gasteiger charge is -2.29. The van der Waals surface area contributed by atoms with Crippen LogP contribution in [0.15, 0.2) is 0 Å². The summed E-state index contributed by atoms with van der Waals surface area (Å²) in [6.45, 7) is 6.41. The van der Waals surface area contributed by atoms with E-state index in [1.807, 2.05) is 20.8 Å². The molecule has 5 heteroatoms. The first kappa shape index (κ1) is 17.5. The van der Waals surface area contributed by atoms with Crippen molar-refractivity contribution in [2.24, 2.45) is 11.7 Å². The zero-order valence-corrected chi connectivity index (χ0v) is 12.5. The van der Waals surface area contributed by atoms with Gasteiger partial charge in [0.15, 0.2) is 0 Å². The summed E-state index contributed by atoms with van der Waals surface area (Å²) < 4.78 is 5.24. The lowest BCUT2D eigenvalue weighted by Crippen LogP contribution is -2.41. The highest BCUT2D eigenvalue weighted by Crippen LogP contribution is 2.26. The van der Waals surface area contributed by atoms with Gasteiger partial charge in [-0.1, -0.05) is 0 Å². The van der Waals surface area contributed by atoms with Crippen molar-refractivity contribution < 1.29 is 9.53 Å². The molecule has 4 nitrogen and oxygen atoms in total. The van der Waals surface area contributed by atoms with Crippen LogP contribution in [0, 0.1) is 5.92 Å². The number of ether oxygens (including phenoxy) is 1. The molecule has 1 aliphatic carbocycles. The number of nitrogens with two attached hydrogens (primary N) is 1. The third-order valence-electron chi connectivity index (χ3n) is 3.14. The van der Waals surface area contributed by atoms with Crippen molar-refractivity contribution in [3.8, 4) is 0 Å². The van der Waals surface area contributed by atoms with Crippen molar-refractivity contribution >= 4 is 18.5 Å². The minimum Gasteiger partial charge on any atom is -0.444 e. The SMILES string of the molecule is CC(C)(C)OC(=O)NC1CCC(CCN)CC1.Cl. The number of hydrogen-bond donors (Lipinski definition) is 2. The van der Waals surface area contributed by atoms with Crippen LogP contribution in [0.2, 0.25) is 0 Å². The molecule has 0 saturated heterocycles. The molecule has 0 aliphatic heterocycles. The molecule has 0 aromatic rings. The van der Waals surface area contributed by atoms with Gasteiger partial charge in [0.05, 0.1) is 0 Å². The Morgan fingerprint density at radius 3 is 2.28 bits per heavy atom. The van der Waals surface area contributed by atoms with Crippen LogP contribution in [0.25, 0.3) is 0 Å². The Kier molecular flexibility index (Phi) is 7.64. The number of carbonyl (C=O) groups excluding carboxylic acids is 1. The molecule has 0 bridgehead atoms. The molecule has 1 amide bonds. The van der Waals surface area contributed by atoms with Crippen LogP contribution in [0.5, 0.6) is 0 Å². The first-order chi connectivity index (χ1) is 7.90. The summed E-state index contributed by atoms with van der Waals surface area (Å²) in [5.41, 5.74) is 5.14. The monoisotopic (exact) mass is 278 g/mol. The third kappa shape index (κ3) is 7.07. The smallest absolute Gasteiger partial charge is 0.407 e. The van der Waals surface area contributed by atoms with Gasteiger partial charge in [0.2, 0.25) is 0 Å².